The van der Waals surface area contributed by atoms with Crippen LogP contribution in [0, 0.1) is 17.8 Å². The zero-order valence-corrected chi connectivity index (χ0v) is 15.7. The molecule has 1 rings (SSSR count). The Bertz CT molecular complexity index is 289. The van der Waals surface area contributed by atoms with Gasteiger partial charge in [0, 0.05) is 0 Å². The number of rotatable bonds is 13. The van der Waals surface area contributed by atoms with E-state index in [0.717, 1.165) is 24.2 Å². The number of hydrogen-bond acceptors (Lipinski definition) is 2. The predicted molar refractivity (Wildman–Crippen MR) is 95.1 cm³/mol. The molecule has 132 valence electrons. The lowest BCUT2D eigenvalue weighted by atomic mass is 9.90. The molecule has 1 saturated heterocycles. The number of hydrogen-bond donors (Lipinski definition) is 1. The average Bonchev–Trinajstić information content (AvgIpc) is 3.09. The fourth-order valence-corrected chi connectivity index (χ4v) is 3.52. The normalized spacial score (nSPS) is 27.1. The smallest absolute Gasteiger partial charge is 0.110 e. The van der Waals surface area contributed by atoms with E-state index in [2.05, 4.69) is 34.6 Å². The Labute approximate surface area is 139 Å². The summed E-state index contributed by atoms with van der Waals surface area (Å²) < 4.78 is 5.55. The second-order valence-electron chi connectivity index (χ2n) is 8.46. The Hall–Kier alpha value is -0.0800. The lowest BCUT2D eigenvalue weighted by Crippen LogP contribution is -2.12. The Morgan fingerprint density at radius 2 is 1.36 bits per heavy atom. The van der Waals surface area contributed by atoms with E-state index in [1.54, 1.807) is 0 Å². The fraction of sp³-hybridized carbons (Fsp3) is 1.00. The van der Waals surface area contributed by atoms with E-state index < -0.39 is 0 Å². The van der Waals surface area contributed by atoms with Crippen molar-refractivity contribution in [1.29, 1.82) is 0 Å². The minimum Gasteiger partial charge on any atom is -0.394 e. The summed E-state index contributed by atoms with van der Waals surface area (Å²) in [7, 11) is 0. The Morgan fingerprint density at radius 1 is 0.864 bits per heavy atom. The molecule has 1 heterocycles. The van der Waals surface area contributed by atoms with Gasteiger partial charge in [0.1, 0.15) is 6.10 Å². The molecule has 1 fully saturated rings. The summed E-state index contributed by atoms with van der Waals surface area (Å²) in [6.07, 6.45) is 12.1. The van der Waals surface area contributed by atoms with Crippen molar-refractivity contribution < 1.29 is 9.84 Å². The van der Waals surface area contributed by atoms with Gasteiger partial charge in [-0.05, 0) is 31.1 Å². The number of ether oxygens (including phenoxy) is 1. The second kappa shape index (κ2) is 9.93. The zero-order chi connectivity index (χ0) is 16.6. The highest BCUT2D eigenvalue weighted by Gasteiger charge is 2.50. The van der Waals surface area contributed by atoms with Gasteiger partial charge in [-0.15, -0.1) is 0 Å². The van der Waals surface area contributed by atoms with Crippen molar-refractivity contribution >= 4 is 0 Å². The van der Waals surface area contributed by atoms with Gasteiger partial charge >= 0.3 is 0 Å². The topological polar surface area (TPSA) is 32.8 Å². The van der Waals surface area contributed by atoms with E-state index in [9.17, 15) is 0 Å². The van der Waals surface area contributed by atoms with Crippen LogP contribution in [0.4, 0.5) is 0 Å². The molecular weight excluding hydrogens is 272 g/mol. The Balaban J connectivity index is 1.96. The zero-order valence-electron chi connectivity index (χ0n) is 15.7. The summed E-state index contributed by atoms with van der Waals surface area (Å²) in [5.41, 5.74) is -0.0145. The van der Waals surface area contributed by atoms with Crippen LogP contribution in [-0.2, 0) is 4.74 Å². The molecule has 1 N–H and O–H groups in total. The highest BCUT2D eigenvalue weighted by Crippen LogP contribution is 2.40. The van der Waals surface area contributed by atoms with E-state index in [1.807, 2.05) is 0 Å². The highest BCUT2D eigenvalue weighted by atomic mass is 16.6. The van der Waals surface area contributed by atoms with E-state index in [-0.39, 0.29) is 18.3 Å². The maximum atomic E-state index is 9.09. The molecule has 0 saturated carbocycles. The van der Waals surface area contributed by atoms with Gasteiger partial charge in [-0.2, -0.15) is 0 Å². The van der Waals surface area contributed by atoms with Gasteiger partial charge in [-0.1, -0.05) is 79.1 Å². The molecule has 1 aliphatic rings. The van der Waals surface area contributed by atoms with E-state index >= 15 is 0 Å². The molecule has 1 aliphatic heterocycles. The van der Waals surface area contributed by atoms with Crippen molar-refractivity contribution in [2.24, 2.45) is 17.8 Å². The van der Waals surface area contributed by atoms with Crippen molar-refractivity contribution in [2.45, 2.75) is 104 Å². The fourth-order valence-electron chi connectivity index (χ4n) is 3.52. The first-order chi connectivity index (χ1) is 10.4. The maximum Gasteiger partial charge on any atom is 0.110 e. The molecule has 4 atom stereocenters. The van der Waals surface area contributed by atoms with Crippen LogP contribution in [0.1, 0.15) is 92.4 Å². The first-order valence-corrected chi connectivity index (χ1v) is 9.66. The number of aliphatic hydroxyl groups is 1. The third-order valence-corrected chi connectivity index (χ3v) is 5.44. The largest absolute Gasteiger partial charge is 0.394 e. The van der Waals surface area contributed by atoms with Crippen molar-refractivity contribution in [3.05, 3.63) is 0 Å². The van der Waals surface area contributed by atoms with Crippen LogP contribution in [0.25, 0.3) is 0 Å². The van der Waals surface area contributed by atoms with E-state index in [1.165, 1.54) is 51.4 Å². The molecule has 2 nitrogen and oxygen atoms in total. The molecule has 0 bridgehead atoms. The molecule has 0 aromatic rings. The molecule has 0 amide bonds. The Morgan fingerprint density at radius 3 is 1.82 bits per heavy atom. The van der Waals surface area contributed by atoms with Crippen molar-refractivity contribution in [2.75, 3.05) is 6.61 Å². The van der Waals surface area contributed by atoms with Crippen molar-refractivity contribution in [3.63, 3.8) is 0 Å². The van der Waals surface area contributed by atoms with Crippen LogP contribution in [-0.4, -0.2) is 23.4 Å². The quantitative estimate of drug-likeness (QED) is 0.451. The third kappa shape index (κ3) is 7.97. The monoisotopic (exact) mass is 312 g/mol. The van der Waals surface area contributed by atoms with E-state index in [0.29, 0.717) is 0 Å². The van der Waals surface area contributed by atoms with Gasteiger partial charge in [-0.3, -0.25) is 0 Å². The van der Waals surface area contributed by atoms with Crippen LogP contribution >= 0.6 is 0 Å². The minimum absolute atomic E-state index is 0.0145. The van der Waals surface area contributed by atoms with Crippen LogP contribution in [0.2, 0.25) is 0 Å². The van der Waals surface area contributed by atoms with Crippen LogP contribution in [0.3, 0.4) is 0 Å². The molecule has 2 unspecified atom stereocenters. The third-order valence-electron chi connectivity index (χ3n) is 5.44. The van der Waals surface area contributed by atoms with Crippen molar-refractivity contribution in [3.8, 4) is 0 Å². The molecule has 0 aromatic carbocycles. The molecule has 0 aliphatic carbocycles. The van der Waals surface area contributed by atoms with E-state index in [4.69, 9.17) is 9.84 Å². The van der Waals surface area contributed by atoms with Crippen molar-refractivity contribution in [1.82, 2.24) is 0 Å². The summed E-state index contributed by atoms with van der Waals surface area (Å²) in [6.45, 7) is 11.8. The standard InChI is InChI=1S/C20H40O2/c1-16(2)9-6-10-17(3)11-7-12-18(4)13-8-14-20(5)19(15-21)22-20/h16-19,21H,6-15H2,1-5H3/t17-,18-,19?,20?/m1/s1. The molecule has 0 radical (unpaired) electrons. The SMILES string of the molecule is CC(C)CCC[C@@H](C)CCC[C@@H](C)CCCC1(C)OC1CO. The molecular formula is C20H40O2. The van der Waals surface area contributed by atoms with Gasteiger partial charge in [0.15, 0.2) is 0 Å². The van der Waals surface area contributed by atoms with Gasteiger partial charge in [-0.25, -0.2) is 0 Å². The summed E-state index contributed by atoms with van der Waals surface area (Å²) in [5, 5.41) is 9.09. The second-order valence-corrected chi connectivity index (χ2v) is 8.46. The number of epoxide rings is 1. The highest BCUT2D eigenvalue weighted by molar-refractivity contribution is 4.98. The molecule has 0 aromatic heterocycles. The Kier molecular flexibility index (Phi) is 9.01. The minimum atomic E-state index is -0.0145. The first-order valence-electron chi connectivity index (χ1n) is 9.66. The number of aliphatic hydroxyl groups excluding tert-OH is 1. The maximum absolute atomic E-state index is 9.09. The van der Waals surface area contributed by atoms with Gasteiger partial charge in [0.2, 0.25) is 0 Å². The lowest BCUT2D eigenvalue weighted by molar-refractivity contribution is 0.234. The summed E-state index contributed by atoms with van der Waals surface area (Å²) in [4.78, 5) is 0. The average molecular weight is 313 g/mol. The van der Waals surface area contributed by atoms with Crippen LogP contribution in [0.5, 0.6) is 0 Å². The molecule has 22 heavy (non-hydrogen) atoms. The summed E-state index contributed by atoms with van der Waals surface area (Å²) in [5.74, 6) is 2.59. The van der Waals surface area contributed by atoms with Crippen LogP contribution < -0.4 is 0 Å². The predicted octanol–water partition coefficient (Wildman–Crippen LogP) is 5.58. The summed E-state index contributed by atoms with van der Waals surface area (Å²) >= 11 is 0. The summed E-state index contributed by atoms with van der Waals surface area (Å²) in [6, 6.07) is 0. The van der Waals surface area contributed by atoms with Gasteiger partial charge in [0.25, 0.3) is 0 Å². The van der Waals surface area contributed by atoms with Gasteiger partial charge < -0.3 is 9.84 Å². The van der Waals surface area contributed by atoms with Crippen LogP contribution in [0.15, 0.2) is 0 Å². The molecule has 2 heteroatoms. The lowest BCUT2D eigenvalue weighted by Gasteiger charge is -2.15. The molecule has 0 spiro atoms. The first kappa shape index (κ1) is 20.0. The van der Waals surface area contributed by atoms with Gasteiger partial charge in [0.05, 0.1) is 12.2 Å².